The Labute approximate surface area is 130 Å². The van der Waals surface area contributed by atoms with Gasteiger partial charge in [0.2, 0.25) is 0 Å². The highest BCUT2D eigenvalue weighted by molar-refractivity contribution is 7.18. The molecule has 0 spiro atoms. The number of benzene rings is 1. The number of fused-ring (bicyclic) bond motifs is 3. The standard InChI is InChI=1S/C17H15FN2OS/c1-9-6-7-11-13(8-9)22-17-14(11)16(21)19-15(20-17)10-4-2-3-5-12(10)18/h2-5,9H,6-8H2,1H3,(H,19,20,21). The summed E-state index contributed by atoms with van der Waals surface area (Å²) in [5, 5.41) is 0.701. The van der Waals surface area contributed by atoms with Crippen LogP contribution in [0.1, 0.15) is 23.8 Å². The third-order valence-electron chi connectivity index (χ3n) is 4.29. The molecule has 3 aromatic rings. The van der Waals surface area contributed by atoms with Gasteiger partial charge in [-0.05, 0) is 42.9 Å². The Morgan fingerprint density at radius 1 is 1.36 bits per heavy atom. The largest absolute Gasteiger partial charge is 0.306 e. The van der Waals surface area contributed by atoms with Crippen LogP contribution in [0.4, 0.5) is 4.39 Å². The average Bonchev–Trinajstić information content (AvgIpc) is 2.85. The maximum atomic E-state index is 13.9. The molecule has 4 rings (SSSR count). The second-order valence-electron chi connectivity index (χ2n) is 5.93. The lowest BCUT2D eigenvalue weighted by Gasteiger charge is -2.17. The van der Waals surface area contributed by atoms with Gasteiger partial charge in [0.1, 0.15) is 16.5 Å². The maximum Gasteiger partial charge on any atom is 0.260 e. The minimum atomic E-state index is -0.375. The Hall–Kier alpha value is -2.01. The van der Waals surface area contributed by atoms with Crippen LogP contribution in [0, 0.1) is 11.7 Å². The van der Waals surface area contributed by atoms with E-state index >= 15 is 0 Å². The van der Waals surface area contributed by atoms with Crippen LogP contribution in [-0.2, 0) is 12.8 Å². The summed E-state index contributed by atoms with van der Waals surface area (Å²) < 4.78 is 13.9. The summed E-state index contributed by atoms with van der Waals surface area (Å²) in [6.07, 6.45) is 3.04. The Balaban J connectivity index is 1.95. The van der Waals surface area contributed by atoms with Crippen molar-refractivity contribution in [3.63, 3.8) is 0 Å². The summed E-state index contributed by atoms with van der Waals surface area (Å²) in [5.74, 6) is 0.577. The molecule has 0 saturated carbocycles. The number of nitrogens with zero attached hydrogens (tertiary/aromatic N) is 1. The first kappa shape index (κ1) is 13.6. The van der Waals surface area contributed by atoms with Crippen molar-refractivity contribution < 1.29 is 4.39 Å². The number of rotatable bonds is 1. The molecule has 2 heterocycles. The molecule has 2 aromatic heterocycles. The highest BCUT2D eigenvalue weighted by Crippen LogP contribution is 2.36. The molecule has 1 aromatic carbocycles. The number of hydrogen-bond donors (Lipinski definition) is 1. The fourth-order valence-corrected chi connectivity index (χ4v) is 4.51. The molecular weight excluding hydrogens is 299 g/mol. The van der Waals surface area contributed by atoms with Gasteiger partial charge in [-0.15, -0.1) is 11.3 Å². The number of halogens is 1. The van der Waals surface area contributed by atoms with Crippen molar-refractivity contribution in [2.24, 2.45) is 5.92 Å². The monoisotopic (exact) mass is 314 g/mol. The van der Waals surface area contributed by atoms with Crippen molar-refractivity contribution in [1.29, 1.82) is 0 Å². The first-order valence-corrected chi connectivity index (χ1v) is 8.24. The Morgan fingerprint density at radius 3 is 3.00 bits per heavy atom. The molecule has 0 aliphatic heterocycles. The molecule has 0 radical (unpaired) electrons. The normalized spacial score (nSPS) is 17.6. The number of thiophene rings is 1. The van der Waals surface area contributed by atoms with E-state index < -0.39 is 0 Å². The first-order chi connectivity index (χ1) is 10.6. The molecule has 1 aliphatic carbocycles. The third-order valence-corrected chi connectivity index (χ3v) is 5.44. The fourth-order valence-electron chi connectivity index (χ4n) is 3.13. The lowest BCUT2D eigenvalue weighted by molar-refractivity contribution is 0.509. The Morgan fingerprint density at radius 2 is 2.18 bits per heavy atom. The molecule has 0 amide bonds. The molecule has 1 unspecified atom stereocenters. The smallest absolute Gasteiger partial charge is 0.260 e. The lowest BCUT2D eigenvalue weighted by atomic mass is 9.89. The van der Waals surface area contributed by atoms with Gasteiger partial charge in [0.15, 0.2) is 0 Å². The molecule has 3 nitrogen and oxygen atoms in total. The van der Waals surface area contributed by atoms with E-state index in [4.69, 9.17) is 0 Å². The van der Waals surface area contributed by atoms with Crippen molar-refractivity contribution in [2.75, 3.05) is 0 Å². The van der Waals surface area contributed by atoms with Gasteiger partial charge in [-0.3, -0.25) is 4.79 Å². The number of hydrogen-bond acceptors (Lipinski definition) is 3. The molecule has 1 atom stereocenters. The quantitative estimate of drug-likeness (QED) is 0.740. The molecule has 0 fully saturated rings. The zero-order valence-electron chi connectivity index (χ0n) is 12.1. The van der Waals surface area contributed by atoms with E-state index in [0.717, 1.165) is 29.7 Å². The summed E-state index contributed by atoms with van der Waals surface area (Å²) in [4.78, 5) is 21.7. The van der Waals surface area contributed by atoms with Gasteiger partial charge in [0.05, 0.1) is 10.9 Å². The molecule has 22 heavy (non-hydrogen) atoms. The lowest BCUT2D eigenvalue weighted by Crippen LogP contribution is -2.13. The van der Waals surface area contributed by atoms with Crippen molar-refractivity contribution >= 4 is 21.6 Å². The van der Waals surface area contributed by atoms with E-state index in [0.29, 0.717) is 22.7 Å². The van der Waals surface area contributed by atoms with Crippen molar-refractivity contribution in [2.45, 2.75) is 26.2 Å². The topological polar surface area (TPSA) is 45.8 Å². The van der Waals surface area contributed by atoms with Crippen LogP contribution in [0.2, 0.25) is 0 Å². The van der Waals surface area contributed by atoms with Crippen molar-refractivity contribution in [3.8, 4) is 11.4 Å². The van der Waals surface area contributed by atoms with Crippen molar-refractivity contribution in [1.82, 2.24) is 9.97 Å². The second-order valence-corrected chi connectivity index (χ2v) is 7.01. The zero-order valence-corrected chi connectivity index (χ0v) is 13.0. The summed E-state index contributed by atoms with van der Waals surface area (Å²) in [7, 11) is 0. The molecular formula is C17H15FN2OS. The van der Waals surface area contributed by atoms with Gasteiger partial charge in [-0.1, -0.05) is 19.1 Å². The van der Waals surface area contributed by atoms with Gasteiger partial charge in [-0.2, -0.15) is 0 Å². The number of nitrogens with one attached hydrogen (secondary N) is 1. The molecule has 0 bridgehead atoms. The van der Waals surface area contributed by atoms with Gasteiger partial charge in [0.25, 0.3) is 5.56 Å². The Kier molecular flexibility index (Phi) is 3.11. The summed E-state index contributed by atoms with van der Waals surface area (Å²) in [5.41, 5.74) is 1.32. The van der Waals surface area contributed by atoms with E-state index in [1.807, 2.05) is 0 Å². The van der Waals surface area contributed by atoms with E-state index in [2.05, 4.69) is 16.9 Å². The minimum absolute atomic E-state index is 0.157. The summed E-state index contributed by atoms with van der Waals surface area (Å²) in [6.45, 7) is 2.23. The van der Waals surface area contributed by atoms with Crippen LogP contribution in [0.5, 0.6) is 0 Å². The van der Waals surface area contributed by atoms with Crippen LogP contribution in [0.3, 0.4) is 0 Å². The van der Waals surface area contributed by atoms with E-state index in [1.165, 1.54) is 10.9 Å². The zero-order chi connectivity index (χ0) is 15.3. The first-order valence-electron chi connectivity index (χ1n) is 7.43. The third kappa shape index (κ3) is 2.08. The molecule has 1 N–H and O–H groups in total. The Bertz CT molecular complexity index is 928. The van der Waals surface area contributed by atoms with Crippen LogP contribution in [0.15, 0.2) is 29.1 Å². The SMILES string of the molecule is CC1CCc2c(sc3nc(-c4ccccc4F)[nH]c(=O)c23)C1. The van der Waals surface area contributed by atoms with Gasteiger partial charge in [-0.25, -0.2) is 9.37 Å². The molecule has 0 saturated heterocycles. The van der Waals surface area contributed by atoms with E-state index in [9.17, 15) is 9.18 Å². The van der Waals surface area contributed by atoms with Crippen LogP contribution >= 0.6 is 11.3 Å². The fraction of sp³-hybridized carbons (Fsp3) is 0.294. The molecule has 1 aliphatic rings. The molecule has 5 heteroatoms. The van der Waals surface area contributed by atoms with Gasteiger partial charge >= 0.3 is 0 Å². The maximum absolute atomic E-state index is 13.9. The van der Waals surface area contributed by atoms with Gasteiger partial charge < -0.3 is 4.98 Å². The summed E-state index contributed by atoms with van der Waals surface area (Å²) >= 11 is 1.58. The van der Waals surface area contributed by atoms with E-state index in [-0.39, 0.29) is 11.4 Å². The minimum Gasteiger partial charge on any atom is -0.306 e. The van der Waals surface area contributed by atoms with E-state index in [1.54, 1.807) is 29.5 Å². The van der Waals surface area contributed by atoms with Crippen LogP contribution < -0.4 is 5.56 Å². The van der Waals surface area contributed by atoms with Crippen LogP contribution in [-0.4, -0.2) is 9.97 Å². The number of aromatic nitrogens is 2. The van der Waals surface area contributed by atoms with Crippen molar-refractivity contribution in [3.05, 3.63) is 50.9 Å². The number of H-pyrrole nitrogens is 1. The summed E-state index contributed by atoms with van der Waals surface area (Å²) in [6, 6.07) is 6.38. The number of aryl methyl sites for hydroxylation is 1. The predicted molar refractivity (Wildman–Crippen MR) is 86.8 cm³/mol. The average molecular weight is 314 g/mol. The second kappa shape index (κ2) is 5.02. The predicted octanol–water partition coefficient (Wildman–Crippen LogP) is 3.92. The molecule has 112 valence electrons. The highest BCUT2D eigenvalue weighted by atomic mass is 32.1. The van der Waals surface area contributed by atoms with Gasteiger partial charge in [0, 0.05) is 4.88 Å². The van der Waals surface area contributed by atoms with Crippen LogP contribution in [0.25, 0.3) is 21.6 Å². The number of aromatic amines is 1. The highest BCUT2D eigenvalue weighted by Gasteiger charge is 2.23.